The summed E-state index contributed by atoms with van der Waals surface area (Å²) in [6.07, 6.45) is 3.53. The minimum Gasteiger partial charge on any atom is -0.484 e. The summed E-state index contributed by atoms with van der Waals surface area (Å²) in [5, 5.41) is 11.8. The molecule has 1 aromatic rings. The van der Waals surface area contributed by atoms with Crippen LogP contribution in [0.3, 0.4) is 0 Å². The minimum atomic E-state index is -0.683. The van der Waals surface area contributed by atoms with Crippen molar-refractivity contribution in [3.63, 3.8) is 0 Å². The molecular formula is C19H23NO2. The molecule has 2 aliphatic heterocycles. The zero-order valence-corrected chi connectivity index (χ0v) is 13.4. The Morgan fingerprint density at radius 3 is 3.00 bits per heavy atom. The monoisotopic (exact) mass is 297 g/mol. The van der Waals surface area contributed by atoms with Gasteiger partial charge >= 0.3 is 0 Å². The van der Waals surface area contributed by atoms with Crippen molar-refractivity contribution in [1.29, 1.82) is 0 Å². The van der Waals surface area contributed by atoms with Crippen molar-refractivity contribution in [3.8, 4) is 5.75 Å². The van der Waals surface area contributed by atoms with Gasteiger partial charge < -0.3 is 14.7 Å². The average molecular weight is 297 g/mol. The van der Waals surface area contributed by atoms with Gasteiger partial charge in [0.1, 0.15) is 11.9 Å². The second kappa shape index (κ2) is 3.77. The van der Waals surface area contributed by atoms with E-state index in [1.165, 1.54) is 16.7 Å². The highest BCUT2D eigenvalue weighted by molar-refractivity contribution is 5.61. The van der Waals surface area contributed by atoms with Gasteiger partial charge in [0.25, 0.3) is 0 Å². The van der Waals surface area contributed by atoms with E-state index in [4.69, 9.17) is 4.74 Å². The summed E-state index contributed by atoms with van der Waals surface area (Å²) in [4.78, 5) is 2.36. The lowest BCUT2D eigenvalue weighted by Gasteiger charge is -2.62. The number of piperidine rings is 1. The number of rotatable bonds is 0. The molecular weight excluding hydrogens is 274 g/mol. The number of ether oxygens (including phenoxy) is 1. The Kier molecular flexibility index (Phi) is 2.25. The molecule has 2 heterocycles. The predicted octanol–water partition coefficient (Wildman–Crippen LogP) is 2.34. The van der Waals surface area contributed by atoms with Crippen LogP contribution in [0.5, 0.6) is 5.75 Å². The van der Waals surface area contributed by atoms with E-state index in [0.29, 0.717) is 0 Å². The minimum absolute atomic E-state index is 0.0439. The topological polar surface area (TPSA) is 32.7 Å². The molecule has 0 radical (unpaired) electrons. The van der Waals surface area contributed by atoms with Crippen LogP contribution in [-0.4, -0.2) is 41.3 Å². The maximum Gasteiger partial charge on any atom is 0.132 e. The summed E-state index contributed by atoms with van der Waals surface area (Å²) >= 11 is 0. The fraction of sp³-hybridized carbons (Fsp3) is 0.579. The Bertz CT molecular complexity index is 712. The van der Waals surface area contributed by atoms with Crippen LogP contribution in [0.25, 0.3) is 0 Å². The largest absolute Gasteiger partial charge is 0.484 e. The average Bonchev–Trinajstić information content (AvgIpc) is 2.85. The molecule has 3 heteroatoms. The Balaban J connectivity index is 1.88. The lowest BCUT2D eigenvalue weighted by Crippen LogP contribution is -2.74. The lowest BCUT2D eigenvalue weighted by atomic mass is 9.48. The second-order valence-corrected chi connectivity index (χ2v) is 7.75. The van der Waals surface area contributed by atoms with Crippen LogP contribution in [0, 0.1) is 6.92 Å². The molecule has 1 aromatic carbocycles. The molecule has 2 bridgehead atoms. The third kappa shape index (κ3) is 1.17. The van der Waals surface area contributed by atoms with Gasteiger partial charge in [0.15, 0.2) is 0 Å². The number of aryl methyl sites for hydroxylation is 1. The van der Waals surface area contributed by atoms with E-state index in [1.807, 2.05) is 0 Å². The summed E-state index contributed by atoms with van der Waals surface area (Å²) < 4.78 is 6.44. The van der Waals surface area contributed by atoms with Crippen LogP contribution in [-0.2, 0) is 11.8 Å². The quantitative estimate of drug-likeness (QED) is 0.746. The van der Waals surface area contributed by atoms with Crippen LogP contribution in [0.2, 0.25) is 0 Å². The van der Waals surface area contributed by atoms with Crippen LogP contribution in [0.1, 0.15) is 36.0 Å². The van der Waals surface area contributed by atoms with Gasteiger partial charge in [0.05, 0.1) is 11.0 Å². The fourth-order valence-electron chi connectivity index (χ4n) is 5.81. The maximum absolute atomic E-state index is 11.8. The van der Waals surface area contributed by atoms with Crippen LogP contribution in [0.4, 0.5) is 0 Å². The first kappa shape index (κ1) is 13.1. The second-order valence-electron chi connectivity index (χ2n) is 7.75. The van der Waals surface area contributed by atoms with Gasteiger partial charge in [-0.15, -0.1) is 0 Å². The molecule has 5 rings (SSSR count). The molecule has 1 spiro atoms. The van der Waals surface area contributed by atoms with E-state index in [1.54, 1.807) is 0 Å². The van der Waals surface area contributed by atoms with Gasteiger partial charge in [0, 0.05) is 11.6 Å². The first-order valence-corrected chi connectivity index (χ1v) is 8.39. The van der Waals surface area contributed by atoms with Crippen LogP contribution >= 0.6 is 0 Å². The summed E-state index contributed by atoms with van der Waals surface area (Å²) in [5.74, 6) is 1.03. The Morgan fingerprint density at radius 2 is 2.18 bits per heavy atom. The number of likely N-dealkylation sites (N-methyl/N-ethyl adjacent to an activating group) is 1. The molecule has 3 nitrogen and oxygen atoms in total. The zero-order valence-electron chi connectivity index (χ0n) is 13.4. The lowest BCUT2D eigenvalue weighted by molar-refractivity contribution is -0.168. The number of nitrogens with zero attached hydrogens (tertiary/aromatic N) is 1. The molecule has 22 heavy (non-hydrogen) atoms. The maximum atomic E-state index is 11.8. The van der Waals surface area contributed by atoms with Crippen molar-refractivity contribution in [2.24, 2.45) is 0 Å². The molecule has 2 aliphatic carbocycles. The third-order valence-corrected chi connectivity index (χ3v) is 6.90. The molecule has 4 unspecified atom stereocenters. The van der Waals surface area contributed by atoms with E-state index in [9.17, 15) is 5.11 Å². The van der Waals surface area contributed by atoms with Gasteiger partial charge in [-0.1, -0.05) is 18.7 Å². The highest BCUT2D eigenvalue weighted by Gasteiger charge is 2.71. The Morgan fingerprint density at radius 1 is 1.36 bits per heavy atom. The highest BCUT2D eigenvalue weighted by Crippen LogP contribution is 2.65. The normalized spacial score (nSPS) is 42.0. The first-order valence-electron chi connectivity index (χ1n) is 8.39. The summed E-state index contributed by atoms with van der Waals surface area (Å²) in [5.41, 5.74) is 4.09. The van der Waals surface area contributed by atoms with Crippen molar-refractivity contribution in [2.45, 2.75) is 55.8 Å². The van der Waals surface area contributed by atoms with E-state index in [0.717, 1.165) is 43.6 Å². The molecule has 1 saturated carbocycles. The van der Waals surface area contributed by atoms with Crippen molar-refractivity contribution >= 4 is 0 Å². The van der Waals surface area contributed by atoms with Crippen molar-refractivity contribution in [2.75, 3.05) is 13.6 Å². The number of hydrogen-bond acceptors (Lipinski definition) is 3. The number of likely N-dealkylation sites (tertiary alicyclic amines) is 1. The number of hydrogen-bond donors (Lipinski definition) is 1. The van der Waals surface area contributed by atoms with Crippen LogP contribution in [0.15, 0.2) is 24.3 Å². The third-order valence-electron chi connectivity index (χ3n) is 6.90. The smallest absolute Gasteiger partial charge is 0.132 e. The van der Waals surface area contributed by atoms with Gasteiger partial charge in [-0.2, -0.15) is 0 Å². The van der Waals surface area contributed by atoms with Crippen LogP contribution < -0.4 is 4.74 Å². The molecule has 4 aliphatic rings. The highest BCUT2D eigenvalue weighted by atomic mass is 16.5. The van der Waals surface area contributed by atoms with E-state index in [2.05, 4.69) is 37.6 Å². The van der Waals surface area contributed by atoms with E-state index >= 15 is 0 Å². The SMILES string of the molecule is C=C1CCC2(O)C3Cc4ccc(C)c5c4C2(CCN3C)C1O5. The summed E-state index contributed by atoms with van der Waals surface area (Å²) in [6, 6.07) is 4.62. The van der Waals surface area contributed by atoms with Gasteiger partial charge in [-0.25, -0.2) is 0 Å². The molecule has 1 N–H and O–H groups in total. The number of benzene rings is 1. The fourth-order valence-corrected chi connectivity index (χ4v) is 5.81. The van der Waals surface area contributed by atoms with Gasteiger partial charge in [-0.05, 0) is 62.9 Å². The molecule has 0 aromatic heterocycles. The Hall–Kier alpha value is -1.32. The van der Waals surface area contributed by atoms with Crippen molar-refractivity contribution < 1.29 is 9.84 Å². The Labute approximate surface area is 131 Å². The van der Waals surface area contributed by atoms with Crippen molar-refractivity contribution in [1.82, 2.24) is 4.90 Å². The predicted molar refractivity (Wildman–Crippen MR) is 85.3 cm³/mol. The van der Waals surface area contributed by atoms with E-state index in [-0.39, 0.29) is 17.6 Å². The zero-order chi connectivity index (χ0) is 15.3. The standard InChI is InChI=1S/C19H23NO2/c1-11-4-5-13-10-14-19(21)7-6-12(2)17-18(19,8-9-20(14)3)15(13)16(11)22-17/h4-5,14,17,21H,2,6-10H2,1,3H3. The summed E-state index contributed by atoms with van der Waals surface area (Å²) in [6.45, 7) is 7.44. The molecule has 2 fully saturated rings. The first-order chi connectivity index (χ1) is 10.5. The summed E-state index contributed by atoms with van der Waals surface area (Å²) in [7, 11) is 2.16. The van der Waals surface area contributed by atoms with E-state index < -0.39 is 5.60 Å². The van der Waals surface area contributed by atoms with Gasteiger partial charge in [-0.3, -0.25) is 0 Å². The van der Waals surface area contributed by atoms with Gasteiger partial charge in [0.2, 0.25) is 0 Å². The molecule has 0 amide bonds. The molecule has 4 atom stereocenters. The molecule has 1 saturated heterocycles. The van der Waals surface area contributed by atoms with Crippen molar-refractivity contribution in [3.05, 3.63) is 41.0 Å². The number of aliphatic hydroxyl groups is 1. The molecule has 116 valence electrons.